The summed E-state index contributed by atoms with van der Waals surface area (Å²) in [6.45, 7) is 4.90. The van der Waals surface area contributed by atoms with E-state index in [4.69, 9.17) is 26.4 Å². The van der Waals surface area contributed by atoms with Crippen molar-refractivity contribution in [3.63, 3.8) is 0 Å². The molecule has 6 rings (SSSR count). The highest BCUT2D eigenvalue weighted by molar-refractivity contribution is 8.26. The Morgan fingerprint density at radius 3 is 2.58 bits per heavy atom. The van der Waals surface area contributed by atoms with Gasteiger partial charge in [0.15, 0.2) is 0 Å². The zero-order valence-corrected chi connectivity index (χ0v) is 23.7. The summed E-state index contributed by atoms with van der Waals surface area (Å²) in [6.07, 6.45) is 4.98. The van der Waals surface area contributed by atoms with Gasteiger partial charge in [0.05, 0.1) is 36.1 Å². The lowest BCUT2D eigenvalue weighted by atomic mass is 10.2. The van der Waals surface area contributed by atoms with Gasteiger partial charge in [-0.15, -0.1) is 0 Å². The summed E-state index contributed by atoms with van der Waals surface area (Å²) >= 11 is 6.69. The number of pyridine rings is 1. The van der Waals surface area contributed by atoms with Gasteiger partial charge >= 0.3 is 0 Å². The molecular formula is C29H27N5O4S2. The molecule has 0 atom stereocenters. The smallest absolute Gasteiger partial charge is 0.267 e. The van der Waals surface area contributed by atoms with Crippen LogP contribution in [0.1, 0.15) is 16.9 Å². The molecule has 0 spiro atoms. The third-order valence-electron chi connectivity index (χ3n) is 7.03. The summed E-state index contributed by atoms with van der Waals surface area (Å²) in [4.78, 5) is 38.4. The second kappa shape index (κ2) is 10.8. The van der Waals surface area contributed by atoms with Crippen LogP contribution in [0, 0.1) is 6.92 Å². The highest BCUT2D eigenvalue weighted by Crippen LogP contribution is 2.35. The summed E-state index contributed by atoms with van der Waals surface area (Å²) in [5.74, 6) is 1.76. The number of hydrogen-bond acceptors (Lipinski definition) is 9. The second-order valence-corrected chi connectivity index (χ2v) is 11.3. The van der Waals surface area contributed by atoms with Gasteiger partial charge in [-0.1, -0.05) is 42.2 Å². The quantitative estimate of drug-likeness (QED) is 0.247. The van der Waals surface area contributed by atoms with E-state index in [-0.39, 0.29) is 18.0 Å². The third kappa shape index (κ3) is 4.86. The molecule has 1 amide bonds. The number of nitrogens with zero attached hydrogens (tertiary/aromatic N) is 5. The van der Waals surface area contributed by atoms with Crippen LogP contribution in [-0.2, 0) is 11.3 Å². The van der Waals surface area contributed by atoms with Crippen molar-refractivity contribution < 1.29 is 13.9 Å². The Hall–Kier alpha value is -4.09. The van der Waals surface area contributed by atoms with Gasteiger partial charge in [0.2, 0.25) is 0 Å². The van der Waals surface area contributed by atoms with Gasteiger partial charge in [0.25, 0.3) is 11.5 Å². The Morgan fingerprint density at radius 1 is 1.05 bits per heavy atom. The van der Waals surface area contributed by atoms with Crippen LogP contribution < -0.4 is 20.1 Å². The van der Waals surface area contributed by atoms with Crippen molar-refractivity contribution in [3.8, 4) is 5.75 Å². The van der Waals surface area contributed by atoms with Gasteiger partial charge in [-0.2, -0.15) is 0 Å². The molecule has 2 aliphatic rings. The number of amides is 1. The number of aryl methyl sites for hydroxylation is 1. The average Bonchev–Trinajstić information content (AvgIpc) is 3.58. The molecule has 4 aromatic rings. The Bertz CT molecular complexity index is 1690. The first-order chi connectivity index (χ1) is 19.4. The second-order valence-electron chi connectivity index (χ2n) is 9.58. The van der Waals surface area contributed by atoms with Crippen LogP contribution in [0.5, 0.6) is 5.75 Å². The van der Waals surface area contributed by atoms with E-state index in [0.29, 0.717) is 45.1 Å². The van der Waals surface area contributed by atoms with Crippen molar-refractivity contribution in [2.75, 3.05) is 43.1 Å². The molecule has 204 valence electrons. The number of furan rings is 1. The number of anilines is 2. The van der Waals surface area contributed by atoms with Gasteiger partial charge in [-0.3, -0.25) is 18.9 Å². The van der Waals surface area contributed by atoms with E-state index in [1.54, 1.807) is 42.2 Å². The predicted molar refractivity (Wildman–Crippen MR) is 161 cm³/mol. The molecule has 2 aliphatic heterocycles. The Kier molecular flexibility index (Phi) is 7.07. The molecule has 0 radical (unpaired) electrons. The lowest BCUT2D eigenvalue weighted by molar-refractivity contribution is -0.122. The van der Waals surface area contributed by atoms with E-state index in [9.17, 15) is 9.59 Å². The molecule has 9 nitrogen and oxygen atoms in total. The minimum atomic E-state index is -0.257. The topological polar surface area (TPSA) is 83.5 Å². The molecule has 5 heterocycles. The van der Waals surface area contributed by atoms with E-state index >= 15 is 0 Å². The van der Waals surface area contributed by atoms with Crippen molar-refractivity contribution in [3.05, 3.63) is 93.1 Å². The van der Waals surface area contributed by atoms with Crippen LogP contribution in [0.4, 0.5) is 11.5 Å². The average molecular weight is 574 g/mol. The normalized spacial score (nSPS) is 16.9. The standard InChI is InChI=1S/C29H27N5O4S2/c1-19-9-10-25-30-26(32-13-11-31(12-14-32)22-7-3-4-8-23(22)37-2)21(27(35)33(25)17-19)16-24-28(36)34(29(39)40-24)18-20-6-5-15-38-20/h3-10,15-17H,11-14,18H2,1-2H3/b24-16-. The summed E-state index contributed by atoms with van der Waals surface area (Å²) in [5, 5.41) is 0. The van der Waals surface area contributed by atoms with Crippen LogP contribution in [0.3, 0.4) is 0 Å². The zero-order chi connectivity index (χ0) is 27.8. The van der Waals surface area contributed by atoms with E-state index in [1.807, 2.05) is 43.3 Å². The van der Waals surface area contributed by atoms with Crippen molar-refractivity contribution >= 4 is 57.4 Å². The van der Waals surface area contributed by atoms with Crippen LogP contribution in [0.15, 0.2) is 75.1 Å². The number of thioether (sulfide) groups is 1. The maximum absolute atomic E-state index is 13.9. The Morgan fingerprint density at radius 2 is 1.82 bits per heavy atom. The highest BCUT2D eigenvalue weighted by atomic mass is 32.2. The maximum Gasteiger partial charge on any atom is 0.267 e. The fourth-order valence-corrected chi connectivity index (χ4v) is 6.23. The van der Waals surface area contributed by atoms with Crippen molar-refractivity contribution in [1.29, 1.82) is 0 Å². The third-order valence-corrected chi connectivity index (χ3v) is 8.41. The van der Waals surface area contributed by atoms with Crippen LogP contribution >= 0.6 is 24.0 Å². The molecule has 0 N–H and O–H groups in total. The van der Waals surface area contributed by atoms with E-state index in [2.05, 4.69) is 9.80 Å². The molecular weight excluding hydrogens is 546 g/mol. The van der Waals surface area contributed by atoms with Crippen LogP contribution in [0.25, 0.3) is 11.7 Å². The number of para-hydroxylation sites is 2. The summed E-state index contributed by atoms with van der Waals surface area (Å²) in [6, 6.07) is 15.3. The lowest BCUT2D eigenvalue weighted by Crippen LogP contribution is -2.47. The minimum Gasteiger partial charge on any atom is -0.495 e. The van der Waals surface area contributed by atoms with Crippen LogP contribution in [0.2, 0.25) is 0 Å². The maximum atomic E-state index is 13.9. The SMILES string of the molecule is COc1ccccc1N1CCN(c2nc3ccc(C)cn3c(=O)c2/C=C2\SC(=S)N(Cc3ccco3)C2=O)CC1. The van der Waals surface area contributed by atoms with Crippen molar-refractivity contribution in [2.45, 2.75) is 13.5 Å². The number of aromatic nitrogens is 2. The first-order valence-electron chi connectivity index (χ1n) is 12.9. The molecule has 0 aliphatic carbocycles. The Balaban J connectivity index is 1.36. The number of thiocarbonyl (C=S) groups is 1. The predicted octanol–water partition coefficient (Wildman–Crippen LogP) is 4.33. The number of piperazine rings is 1. The van der Waals surface area contributed by atoms with Crippen LogP contribution in [-0.4, -0.2) is 57.8 Å². The fourth-order valence-electron chi connectivity index (χ4n) is 4.99. The number of fused-ring (bicyclic) bond motifs is 1. The highest BCUT2D eigenvalue weighted by Gasteiger charge is 2.34. The summed E-state index contributed by atoms with van der Waals surface area (Å²) in [5.41, 5.74) is 2.66. The molecule has 0 bridgehead atoms. The molecule has 2 fully saturated rings. The first kappa shape index (κ1) is 26.1. The number of carbonyl (C=O) groups excluding carboxylic acids is 1. The fraction of sp³-hybridized carbons (Fsp3) is 0.241. The zero-order valence-electron chi connectivity index (χ0n) is 22.1. The van der Waals surface area contributed by atoms with Crippen molar-refractivity contribution in [2.24, 2.45) is 0 Å². The molecule has 0 saturated carbocycles. The summed E-state index contributed by atoms with van der Waals surface area (Å²) in [7, 11) is 1.67. The molecule has 11 heteroatoms. The lowest BCUT2D eigenvalue weighted by Gasteiger charge is -2.37. The van der Waals surface area contributed by atoms with E-state index < -0.39 is 0 Å². The minimum absolute atomic E-state index is 0.229. The number of ether oxygens (including phenoxy) is 1. The van der Waals surface area contributed by atoms with E-state index in [1.165, 1.54) is 16.7 Å². The Labute approximate surface area is 240 Å². The van der Waals surface area contributed by atoms with Gasteiger partial charge in [0.1, 0.15) is 27.3 Å². The number of rotatable bonds is 6. The summed E-state index contributed by atoms with van der Waals surface area (Å²) < 4.78 is 12.9. The largest absolute Gasteiger partial charge is 0.495 e. The van der Waals surface area contributed by atoms with Crippen molar-refractivity contribution in [1.82, 2.24) is 14.3 Å². The van der Waals surface area contributed by atoms with Gasteiger partial charge in [-0.05, 0) is 48.9 Å². The molecule has 1 aromatic carbocycles. The monoisotopic (exact) mass is 573 g/mol. The van der Waals surface area contributed by atoms with Gasteiger partial charge in [-0.25, -0.2) is 4.98 Å². The number of hydrogen-bond donors (Lipinski definition) is 0. The van der Waals surface area contributed by atoms with Gasteiger partial charge < -0.3 is 19.0 Å². The number of methoxy groups -OCH3 is 1. The molecule has 3 aromatic heterocycles. The molecule has 40 heavy (non-hydrogen) atoms. The van der Waals surface area contributed by atoms with E-state index in [0.717, 1.165) is 30.1 Å². The number of carbonyl (C=O) groups is 1. The van der Waals surface area contributed by atoms with Gasteiger partial charge in [0, 0.05) is 32.4 Å². The molecule has 2 saturated heterocycles. The number of benzene rings is 1. The molecule has 0 unspecified atom stereocenters. The first-order valence-corrected chi connectivity index (χ1v) is 14.1.